The van der Waals surface area contributed by atoms with Crippen molar-refractivity contribution in [1.82, 2.24) is 0 Å². The number of allylic oxidation sites excluding steroid dienone is 1. The molecule has 13 atom stereocenters. The number of esters is 5. The molecule has 54 heavy (non-hydrogen) atoms. The van der Waals surface area contributed by atoms with Gasteiger partial charge in [-0.05, 0) is 86.8 Å². The molecule has 0 spiro atoms. The summed E-state index contributed by atoms with van der Waals surface area (Å²) in [6, 6.07) is 7.21. The summed E-state index contributed by atoms with van der Waals surface area (Å²) in [6.07, 6.45) is 1.34. The van der Waals surface area contributed by atoms with Crippen molar-refractivity contribution in [3.05, 3.63) is 59.7 Å². The number of carbonyl (C=O) groups excluding carboxylic acids is 5. The zero-order valence-corrected chi connectivity index (χ0v) is 32.4. The minimum Gasteiger partial charge on any atom is -0.467 e. The Morgan fingerprint density at radius 3 is 2.28 bits per heavy atom. The summed E-state index contributed by atoms with van der Waals surface area (Å²) in [5.74, 6) is -4.29. The Balaban J connectivity index is 1.38. The molecule has 1 aromatic carbocycles. The van der Waals surface area contributed by atoms with Gasteiger partial charge in [-0.1, -0.05) is 44.7 Å². The molecule has 0 bridgehead atoms. The van der Waals surface area contributed by atoms with Crippen LogP contribution in [0, 0.1) is 46.3 Å². The lowest BCUT2D eigenvalue weighted by Gasteiger charge is -2.73. The molecule has 12 nitrogen and oxygen atoms in total. The molecule has 6 aliphatic rings. The average Bonchev–Trinajstić information content (AvgIpc) is 3.90. The Bertz CT molecular complexity index is 1850. The van der Waals surface area contributed by atoms with Gasteiger partial charge >= 0.3 is 29.8 Å². The highest BCUT2D eigenvalue weighted by atomic mass is 16.7. The van der Waals surface area contributed by atoms with Crippen LogP contribution >= 0.6 is 0 Å². The van der Waals surface area contributed by atoms with Crippen molar-refractivity contribution in [2.45, 2.75) is 116 Å². The molecule has 0 amide bonds. The first kappa shape index (κ1) is 38.3. The summed E-state index contributed by atoms with van der Waals surface area (Å²) in [6.45, 7) is 16.3. The molecule has 1 N–H and O–H groups in total. The number of aryl methyl sites for hydroxylation is 1. The summed E-state index contributed by atoms with van der Waals surface area (Å²) < 4.78 is 36.1. The smallest absolute Gasteiger partial charge is 0.342 e. The minimum atomic E-state index is -1.74. The normalized spacial score (nSPS) is 43.6. The van der Waals surface area contributed by atoms with Crippen LogP contribution in [0.5, 0.6) is 0 Å². The van der Waals surface area contributed by atoms with Gasteiger partial charge in [0.25, 0.3) is 0 Å². The van der Waals surface area contributed by atoms with E-state index in [1.165, 1.54) is 27.0 Å². The quantitative estimate of drug-likeness (QED) is 0.180. The van der Waals surface area contributed by atoms with Crippen LogP contribution in [-0.4, -0.2) is 84.3 Å². The molecule has 1 saturated heterocycles. The zero-order valence-electron chi connectivity index (χ0n) is 32.4. The number of cyclic esters (lactones) is 1. The van der Waals surface area contributed by atoms with Gasteiger partial charge in [0.1, 0.15) is 24.9 Å². The monoisotopic (exact) mass is 748 g/mol. The molecule has 3 unspecified atom stereocenters. The highest BCUT2D eigenvalue weighted by Crippen LogP contribution is 2.78. The number of hydrogen-bond donors (Lipinski definition) is 1. The maximum absolute atomic E-state index is 13.8. The lowest BCUT2D eigenvalue weighted by Crippen LogP contribution is -2.82. The second-order valence-electron chi connectivity index (χ2n) is 17.3. The topological polar surface area (TPSA) is 164 Å². The third kappa shape index (κ3) is 4.83. The molecule has 12 heteroatoms. The lowest BCUT2D eigenvalue weighted by molar-refractivity contribution is -0.336. The van der Waals surface area contributed by atoms with E-state index in [1.807, 2.05) is 39.0 Å². The number of rotatable bonds is 6. The number of aliphatic hydroxyl groups is 1. The molecule has 4 aliphatic carbocycles. The van der Waals surface area contributed by atoms with Crippen LogP contribution in [0.25, 0.3) is 0 Å². The Kier molecular flexibility index (Phi) is 8.85. The predicted octanol–water partition coefficient (Wildman–Crippen LogP) is 4.97. The largest absolute Gasteiger partial charge is 0.467 e. The van der Waals surface area contributed by atoms with Crippen LogP contribution in [0.1, 0.15) is 89.6 Å². The van der Waals surface area contributed by atoms with Crippen molar-refractivity contribution in [2.24, 2.45) is 39.4 Å². The second kappa shape index (κ2) is 12.5. The van der Waals surface area contributed by atoms with Crippen molar-refractivity contribution in [3.63, 3.8) is 0 Å². The molecule has 2 aliphatic heterocycles. The Morgan fingerprint density at radius 2 is 1.63 bits per heavy atom. The number of carbonyl (C=O) groups is 5. The molecular weight excluding hydrogens is 696 g/mol. The van der Waals surface area contributed by atoms with Gasteiger partial charge in [-0.25, -0.2) is 14.4 Å². The van der Waals surface area contributed by atoms with Crippen molar-refractivity contribution in [2.75, 3.05) is 13.7 Å². The van der Waals surface area contributed by atoms with Gasteiger partial charge < -0.3 is 33.5 Å². The van der Waals surface area contributed by atoms with Gasteiger partial charge in [0.15, 0.2) is 6.10 Å². The first-order chi connectivity index (χ1) is 25.3. The van der Waals surface area contributed by atoms with E-state index in [-0.39, 0.29) is 24.9 Å². The van der Waals surface area contributed by atoms with Gasteiger partial charge in [-0.15, -0.1) is 0 Å². The molecular formula is C42H52O12. The lowest BCUT2D eigenvalue weighted by atomic mass is 9.32. The second-order valence-corrected chi connectivity index (χ2v) is 17.3. The first-order valence-corrected chi connectivity index (χ1v) is 18.9. The van der Waals surface area contributed by atoms with Crippen molar-refractivity contribution in [3.8, 4) is 0 Å². The fourth-order valence-electron chi connectivity index (χ4n) is 12.7. The van der Waals surface area contributed by atoms with Gasteiger partial charge in [-0.3, -0.25) is 9.59 Å². The van der Waals surface area contributed by atoms with E-state index in [0.717, 1.165) is 5.56 Å². The molecule has 292 valence electrons. The number of ether oxygens (including phenoxy) is 6. The van der Waals surface area contributed by atoms with E-state index in [1.54, 1.807) is 19.1 Å². The highest BCUT2D eigenvalue weighted by molar-refractivity contribution is 5.91. The maximum atomic E-state index is 13.8. The van der Waals surface area contributed by atoms with Crippen LogP contribution in [0.4, 0.5) is 0 Å². The highest BCUT2D eigenvalue weighted by Gasteiger charge is 2.90. The van der Waals surface area contributed by atoms with E-state index in [9.17, 15) is 29.1 Å². The number of epoxide rings is 1. The maximum Gasteiger partial charge on any atom is 0.342 e. The van der Waals surface area contributed by atoms with E-state index < -0.39 is 93.0 Å². The number of fused-ring (bicyclic) bond motifs is 9. The molecule has 7 rings (SSSR count). The molecule has 1 aromatic rings. The third-order valence-corrected chi connectivity index (χ3v) is 15.1. The van der Waals surface area contributed by atoms with E-state index >= 15 is 0 Å². The summed E-state index contributed by atoms with van der Waals surface area (Å²) >= 11 is 0. The molecule has 4 saturated carbocycles. The Labute approximate surface area is 315 Å². The van der Waals surface area contributed by atoms with E-state index in [4.69, 9.17) is 28.4 Å². The molecule has 5 fully saturated rings. The summed E-state index contributed by atoms with van der Waals surface area (Å²) in [5.41, 5.74) is -5.89. The Hall–Kier alpha value is -4.03. The average molecular weight is 749 g/mol. The number of hydrogen-bond acceptors (Lipinski definition) is 12. The van der Waals surface area contributed by atoms with Crippen molar-refractivity contribution in [1.29, 1.82) is 0 Å². The van der Waals surface area contributed by atoms with Crippen molar-refractivity contribution >= 4 is 29.8 Å². The summed E-state index contributed by atoms with van der Waals surface area (Å²) in [4.78, 5) is 66.7. The van der Waals surface area contributed by atoms with Crippen LogP contribution in [0.15, 0.2) is 48.6 Å². The standard InChI is InChI=1S/C42H52O12/c1-22-12-10-11-13-27(22)35(46)51-24(3)40-19-17-28-37(6,29(40)14-15-31(45)50-21-40)18-16-30-38(28,7)33(52-25(4)43)34(53-26(5)44)39(8)41(30,48)20-23(2)32-42(39,54-32)36(47)49-9/h10-15,24,28-30,32-34,48H,2,16-21H2,1,3-9H3/t24?,28?,29-,30?,32+,33+,34-,37+,38+,39+,40-,41+,42-/m0/s1. The predicted molar refractivity (Wildman–Crippen MR) is 191 cm³/mol. The van der Waals surface area contributed by atoms with Gasteiger partial charge in [0.2, 0.25) is 5.60 Å². The fourth-order valence-corrected chi connectivity index (χ4v) is 12.7. The van der Waals surface area contributed by atoms with Crippen LogP contribution in [-0.2, 0) is 47.6 Å². The Morgan fingerprint density at radius 1 is 0.981 bits per heavy atom. The number of methoxy groups -OCH3 is 1. The number of benzene rings is 1. The molecule has 2 heterocycles. The molecule has 0 radical (unpaired) electrons. The van der Waals surface area contributed by atoms with E-state index in [2.05, 4.69) is 13.5 Å². The van der Waals surface area contributed by atoms with Crippen LogP contribution < -0.4 is 0 Å². The molecule has 0 aromatic heterocycles. The third-order valence-electron chi connectivity index (χ3n) is 15.1. The van der Waals surface area contributed by atoms with Gasteiger partial charge in [0.05, 0.1) is 23.7 Å². The zero-order chi connectivity index (χ0) is 39.4. The van der Waals surface area contributed by atoms with Gasteiger partial charge in [0, 0.05) is 37.2 Å². The van der Waals surface area contributed by atoms with Crippen LogP contribution in [0.3, 0.4) is 0 Å². The van der Waals surface area contributed by atoms with E-state index in [0.29, 0.717) is 36.8 Å². The first-order valence-electron chi connectivity index (χ1n) is 18.9. The minimum absolute atomic E-state index is 0.0137. The summed E-state index contributed by atoms with van der Waals surface area (Å²) in [7, 11) is 1.24. The SMILES string of the molecule is C=C1C[C@@]2(O)C3CC[C@]4(C)C(CC[C@@]5(C(C)OC(=O)c6ccccc6C)COC(=O)C=C[C@H]54)[C@@]3(C)[C@H](OC(C)=O)[C@H](OC(C)=O)[C@@]2(C)[C@]2(C(=O)OC)O[C@H]12. The fraction of sp³-hybridized carbons (Fsp3) is 0.643. The van der Waals surface area contributed by atoms with Crippen LogP contribution in [0.2, 0.25) is 0 Å². The summed E-state index contributed by atoms with van der Waals surface area (Å²) in [5, 5.41) is 13.5. The van der Waals surface area contributed by atoms with Gasteiger partial charge in [-0.2, -0.15) is 0 Å². The van der Waals surface area contributed by atoms with Crippen molar-refractivity contribution < 1.29 is 57.5 Å².